The van der Waals surface area contributed by atoms with Crippen LogP contribution in [0.25, 0.3) is 0 Å². The first-order valence-corrected chi connectivity index (χ1v) is 8.20. The average molecular weight is 349 g/mol. The maximum absolute atomic E-state index is 12.3. The van der Waals surface area contributed by atoms with Crippen molar-refractivity contribution in [1.82, 2.24) is 0 Å². The van der Waals surface area contributed by atoms with Crippen LogP contribution in [0.1, 0.15) is 46.1 Å². The number of benzene rings is 1. The lowest BCUT2D eigenvalue weighted by Crippen LogP contribution is -2.40. The number of esters is 1. The molecule has 1 rings (SSSR count). The summed E-state index contributed by atoms with van der Waals surface area (Å²) in [7, 11) is 0. The Morgan fingerprint density at radius 2 is 1.68 bits per heavy atom. The van der Waals surface area contributed by atoms with Gasteiger partial charge in [0, 0.05) is 6.42 Å². The van der Waals surface area contributed by atoms with Crippen LogP contribution in [0.15, 0.2) is 30.3 Å². The van der Waals surface area contributed by atoms with E-state index in [1.807, 2.05) is 30.3 Å². The van der Waals surface area contributed by atoms with E-state index in [1.54, 1.807) is 27.7 Å². The summed E-state index contributed by atoms with van der Waals surface area (Å²) >= 11 is 0. The van der Waals surface area contributed by atoms with Crippen molar-refractivity contribution in [2.24, 2.45) is 5.73 Å². The first-order chi connectivity index (χ1) is 11.5. The molecule has 0 radical (unpaired) electrons. The van der Waals surface area contributed by atoms with Crippen molar-refractivity contribution in [3.63, 3.8) is 0 Å². The minimum atomic E-state index is -0.986. The maximum Gasteiger partial charge on any atom is 0.310 e. The highest BCUT2D eigenvalue weighted by Gasteiger charge is 2.32. The van der Waals surface area contributed by atoms with Gasteiger partial charge in [-0.05, 0) is 39.7 Å². The Bertz CT molecular complexity index is 595. The van der Waals surface area contributed by atoms with Gasteiger partial charge in [0.1, 0.15) is 11.2 Å². The van der Waals surface area contributed by atoms with E-state index in [4.69, 9.17) is 15.2 Å². The van der Waals surface area contributed by atoms with Gasteiger partial charge in [-0.2, -0.15) is 0 Å². The fourth-order valence-corrected chi connectivity index (χ4v) is 2.43. The molecule has 1 aromatic rings. The number of carbonyl (C=O) groups excluding carboxylic acids is 3. The molecule has 0 aliphatic rings. The van der Waals surface area contributed by atoms with Crippen LogP contribution in [0.5, 0.6) is 0 Å². The molecule has 0 saturated heterocycles. The number of ether oxygens (including phenoxy) is 2. The Kier molecular flexibility index (Phi) is 7.30. The lowest BCUT2D eigenvalue weighted by molar-refractivity contribution is -0.165. The van der Waals surface area contributed by atoms with Crippen molar-refractivity contribution in [1.29, 1.82) is 0 Å². The van der Waals surface area contributed by atoms with Crippen LogP contribution < -0.4 is 5.73 Å². The van der Waals surface area contributed by atoms with Gasteiger partial charge in [0.05, 0.1) is 12.5 Å². The lowest BCUT2D eigenvalue weighted by Gasteiger charge is -2.28. The number of nitrogens with two attached hydrogens (primary N) is 1. The van der Waals surface area contributed by atoms with Crippen molar-refractivity contribution in [2.75, 3.05) is 0 Å². The Morgan fingerprint density at radius 1 is 1.08 bits per heavy atom. The summed E-state index contributed by atoms with van der Waals surface area (Å²) in [6.07, 6.45) is 0.352. The summed E-state index contributed by atoms with van der Waals surface area (Å²) in [6.45, 7) is 6.83. The average Bonchev–Trinajstić information content (AvgIpc) is 2.45. The zero-order valence-electron chi connectivity index (χ0n) is 15.3. The Labute approximate surface area is 148 Å². The molecule has 0 aromatic heterocycles. The molecular weight excluding hydrogens is 322 g/mol. The number of hydrogen-bond donors (Lipinski definition) is 1. The highest BCUT2D eigenvalue weighted by molar-refractivity contribution is 5.85. The van der Waals surface area contributed by atoms with Gasteiger partial charge in [0.2, 0.25) is 0 Å². The number of carbonyl (C=O) groups is 3. The topological polar surface area (TPSA) is 95.7 Å². The molecule has 0 heterocycles. The van der Waals surface area contributed by atoms with Gasteiger partial charge >= 0.3 is 5.97 Å². The number of ketones is 1. The van der Waals surface area contributed by atoms with E-state index in [-0.39, 0.29) is 18.6 Å². The van der Waals surface area contributed by atoms with E-state index in [1.165, 1.54) is 0 Å². The van der Waals surface area contributed by atoms with Gasteiger partial charge in [0.15, 0.2) is 5.78 Å². The standard InChI is InChI=1S/C19H27NO5/c1-18(2,24-13-21)12-17(23)25-19(3,4)11-16(22)15(20)10-14-8-6-5-7-9-14/h5-9,13,15H,10-12,20H2,1-4H3/t15-/m0/s1. The second-order valence-corrected chi connectivity index (χ2v) is 7.32. The number of Topliss-reactive ketones (excluding diaryl/α,β-unsaturated/α-hetero) is 1. The molecule has 2 N–H and O–H groups in total. The first-order valence-electron chi connectivity index (χ1n) is 8.20. The number of rotatable bonds is 10. The molecule has 138 valence electrons. The molecule has 6 heteroatoms. The third-order valence-corrected chi connectivity index (χ3v) is 3.64. The minimum absolute atomic E-state index is 0.0156. The third-order valence-electron chi connectivity index (χ3n) is 3.64. The van der Waals surface area contributed by atoms with E-state index in [0.29, 0.717) is 12.9 Å². The summed E-state index contributed by atoms with van der Waals surface area (Å²) in [5.41, 5.74) is 5.02. The maximum atomic E-state index is 12.3. The minimum Gasteiger partial charge on any atom is -0.461 e. The molecule has 0 spiro atoms. The molecule has 0 fully saturated rings. The van der Waals surface area contributed by atoms with Crippen LogP contribution in [0.4, 0.5) is 0 Å². The van der Waals surface area contributed by atoms with E-state index < -0.39 is 23.2 Å². The lowest BCUT2D eigenvalue weighted by atomic mass is 9.94. The third kappa shape index (κ3) is 7.94. The second kappa shape index (κ2) is 8.76. The van der Waals surface area contributed by atoms with Crippen molar-refractivity contribution in [2.45, 2.75) is 64.2 Å². The molecule has 6 nitrogen and oxygen atoms in total. The highest BCUT2D eigenvalue weighted by atomic mass is 16.6. The SMILES string of the molecule is CC(C)(CC(=O)OC(C)(C)CC(=O)[C@@H](N)Cc1ccccc1)OC=O. The van der Waals surface area contributed by atoms with Gasteiger partial charge in [-0.3, -0.25) is 14.4 Å². The zero-order chi connectivity index (χ0) is 19.1. The van der Waals surface area contributed by atoms with Crippen molar-refractivity contribution in [3.8, 4) is 0 Å². The van der Waals surface area contributed by atoms with Crippen LogP contribution in [-0.4, -0.2) is 35.5 Å². The summed E-state index contributed by atoms with van der Waals surface area (Å²) in [4.78, 5) is 34.8. The van der Waals surface area contributed by atoms with Crippen molar-refractivity contribution in [3.05, 3.63) is 35.9 Å². The molecule has 0 saturated carbocycles. The number of hydrogen-bond acceptors (Lipinski definition) is 6. The first kappa shape index (κ1) is 20.8. The Hall–Kier alpha value is -2.21. The fraction of sp³-hybridized carbons (Fsp3) is 0.526. The van der Waals surface area contributed by atoms with E-state index in [2.05, 4.69) is 0 Å². The fourth-order valence-electron chi connectivity index (χ4n) is 2.43. The van der Waals surface area contributed by atoms with Crippen molar-refractivity contribution >= 4 is 18.2 Å². The van der Waals surface area contributed by atoms with Crippen LogP contribution in [-0.2, 0) is 30.3 Å². The molecule has 0 unspecified atom stereocenters. The van der Waals surface area contributed by atoms with Gasteiger partial charge in [-0.25, -0.2) is 0 Å². The molecule has 1 atom stereocenters. The summed E-state index contributed by atoms with van der Waals surface area (Å²) in [5.74, 6) is -0.716. The second-order valence-electron chi connectivity index (χ2n) is 7.32. The van der Waals surface area contributed by atoms with Crippen LogP contribution in [0.3, 0.4) is 0 Å². The van der Waals surface area contributed by atoms with Crippen LogP contribution in [0.2, 0.25) is 0 Å². The van der Waals surface area contributed by atoms with Gasteiger partial charge in [-0.1, -0.05) is 30.3 Å². The monoisotopic (exact) mass is 349 g/mol. The van der Waals surface area contributed by atoms with Crippen LogP contribution >= 0.6 is 0 Å². The Morgan fingerprint density at radius 3 is 2.24 bits per heavy atom. The summed E-state index contributed by atoms with van der Waals surface area (Å²) in [6, 6.07) is 8.84. The van der Waals surface area contributed by atoms with Crippen molar-refractivity contribution < 1.29 is 23.9 Å². The largest absolute Gasteiger partial charge is 0.461 e. The predicted molar refractivity (Wildman–Crippen MR) is 93.8 cm³/mol. The summed E-state index contributed by atoms with van der Waals surface area (Å²) in [5, 5.41) is 0. The smallest absolute Gasteiger partial charge is 0.310 e. The highest BCUT2D eigenvalue weighted by Crippen LogP contribution is 2.21. The Balaban J connectivity index is 2.56. The van der Waals surface area contributed by atoms with Gasteiger partial charge in [-0.15, -0.1) is 0 Å². The molecular formula is C19H27NO5. The van der Waals surface area contributed by atoms with E-state index in [9.17, 15) is 14.4 Å². The molecule has 25 heavy (non-hydrogen) atoms. The van der Waals surface area contributed by atoms with Gasteiger partial charge in [0.25, 0.3) is 6.47 Å². The predicted octanol–water partition coefficient (Wildman–Crippen LogP) is 2.18. The normalized spacial score (nSPS) is 13.0. The molecule has 0 aliphatic carbocycles. The summed E-state index contributed by atoms with van der Waals surface area (Å²) < 4.78 is 10.2. The quantitative estimate of drug-likeness (QED) is 0.514. The molecule has 1 aromatic carbocycles. The van der Waals surface area contributed by atoms with E-state index in [0.717, 1.165) is 5.56 Å². The van der Waals surface area contributed by atoms with Crippen LogP contribution in [0, 0.1) is 0 Å². The molecule has 0 amide bonds. The van der Waals surface area contributed by atoms with E-state index >= 15 is 0 Å². The molecule has 0 bridgehead atoms. The molecule has 0 aliphatic heterocycles. The zero-order valence-corrected chi connectivity index (χ0v) is 15.3. The van der Waals surface area contributed by atoms with Gasteiger partial charge < -0.3 is 15.2 Å².